The molecule has 2 heterocycles. The van der Waals surface area contributed by atoms with Crippen LogP contribution in [0.15, 0.2) is 16.8 Å². The summed E-state index contributed by atoms with van der Waals surface area (Å²) in [5.41, 5.74) is 0.916. The maximum Gasteiger partial charge on any atom is 0.227 e. The summed E-state index contributed by atoms with van der Waals surface area (Å²) in [6.45, 7) is 3.93. The van der Waals surface area contributed by atoms with E-state index in [0.717, 1.165) is 18.8 Å². The minimum Gasteiger partial charge on any atom is -0.325 e. The fourth-order valence-corrected chi connectivity index (χ4v) is 2.06. The second kappa shape index (κ2) is 5.49. The van der Waals surface area contributed by atoms with Gasteiger partial charge in [0.1, 0.15) is 0 Å². The van der Waals surface area contributed by atoms with E-state index >= 15 is 0 Å². The third-order valence-electron chi connectivity index (χ3n) is 2.72. The van der Waals surface area contributed by atoms with Gasteiger partial charge in [-0.2, -0.15) is 11.3 Å². The van der Waals surface area contributed by atoms with Crippen molar-refractivity contribution in [2.24, 2.45) is 11.8 Å². The van der Waals surface area contributed by atoms with E-state index < -0.39 is 0 Å². The number of hydrogen-bond donors (Lipinski definition) is 2. The van der Waals surface area contributed by atoms with Crippen LogP contribution in [0.1, 0.15) is 6.92 Å². The summed E-state index contributed by atoms with van der Waals surface area (Å²) in [4.78, 5) is 11.7. The standard InChI is InChI=1S/C10H14N2OS.ClH/c1-7(8-4-11-5-8)10(13)12-9-2-3-14-6-9;/h2-3,6-8,11H,4-5H2,1H3,(H,12,13);1H. The Kier molecular flexibility index (Phi) is 4.57. The van der Waals surface area contributed by atoms with Crippen LogP contribution in [-0.2, 0) is 4.79 Å². The average molecular weight is 247 g/mol. The lowest BCUT2D eigenvalue weighted by Crippen LogP contribution is -2.48. The van der Waals surface area contributed by atoms with E-state index in [2.05, 4.69) is 10.6 Å². The zero-order valence-corrected chi connectivity index (χ0v) is 10.2. The lowest BCUT2D eigenvalue weighted by molar-refractivity contribution is -0.121. The van der Waals surface area contributed by atoms with Crippen LogP contribution in [0.2, 0.25) is 0 Å². The van der Waals surface area contributed by atoms with Crippen molar-refractivity contribution in [2.75, 3.05) is 18.4 Å². The predicted molar refractivity (Wildman–Crippen MR) is 65.7 cm³/mol. The zero-order chi connectivity index (χ0) is 9.97. The highest BCUT2D eigenvalue weighted by Crippen LogP contribution is 2.19. The van der Waals surface area contributed by atoms with Crippen molar-refractivity contribution in [3.63, 3.8) is 0 Å². The van der Waals surface area contributed by atoms with E-state index in [-0.39, 0.29) is 24.2 Å². The summed E-state index contributed by atoms with van der Waals surface area (Å²) < 4.78 is 0. The Hall–Kier alpha value is -0.580. The van der Waals surface area contributed by atoms with Gasteiger partial charge in [-0.1, -0.05) is 6.92 Å². The summed E-state index contributed by atoms with van der Waals surface area (Å²) in [6, 6.07) is 1.92. The number of halogens is 1. The van der Waals surface area contributed by atoms with Crippen LogP contribution >= 0.6 is 23.7 Å². The number of nitrogens with one attached hydrogen (secondary N) is 2. The van der Waals surface area contributed by atoms with Crippen molar-refractivity contribution in [3.05, 3.63) is 16.8 Å². The molecule has 2 N–H and O–H groups in total. The normalized spacial score (nSPS) is 17.4. The second-order valence-corrected chi connectivity index (χ2v) is 4.49. The van der Waals surface area contributed by atoms with E-state index in [1.807, 2.05) is 23.8 Å². The van der Waals surface area contributed by atoms with Gasteiger partial charge in [-0.25, -0.2) is 0 Å². The molecule has 0 spiro atoms. The van der Waals surface area contributed by atoms with Gasteiger partial charge in [0.25, 0.3) is 0 Å². The Morgan fingerprint density at radius 1 is 1.67 bits per heavy atom. The number of amides is 1. The zero-order valence-electron chi connectivity index (χ0n) is 8.53. The number of carbonyl (C=O) groups excluding carboxylic acids is 1. The molecule has 1 aromatic heterocycles. The highest BCUT2D eigenvalue weighted by molar-refractivity contribution is 7.08. The molecule has 0 aliphatic carbocycles. The molecule has 1 aliphatic heterocycles. The highest BCUT2D eigenvalue weighted by atomic mass is 35.5. The molecule has 0 saturated carbocycles. The molecule has 1 fully saturated rings. The van der Waals surface area contributed by atoms with Crippen molar-refractivity contribution in [1.82, 2.24) is 5.32 Å². The Morgan fingerprint density at radius 3 is 2.87 bits per heavy atom. The van der Waals surface area contributed by atoms with Crippen molar-refractivity contribution in [1.29, 1.82) is 0 Å². The molecule has 1 aromatic rings. The number of carbonyl (C=O) groups is 1. The first kappa shape index (κ1) is 12.5. The average Bonchev–Trinajstić information content (AvgIpc) is 2.53. The SMILES string of the molecule is CC(C(=O)Nc1ccsc1)C1CNC1.Cl. The quantitative estimate of drug-likeness (QED) is 0.856. The molecule has 84 valence electrons. The highest BCUT2D eigenvalue weighted by Gasteiger charge is 2.28. The van der Waals surface area contributed by atoms with Gasteiger partial charge in [0, 0.05) is 11.3 Å². The minimum absolute atomic E-state index is 0. The monoisotopic (exact) mass is 246 g/mol. The largest absolute Gasteiger partial charge is 0.325 e. The maximum atomic E-state index is 11.7. The topological polar surface area (TPSA) is 41.1 Å². The molecular weight excluding hydrogens is 232 g/mol. The smallest absolute Gasteiger partial charge is 0.227 e. The first-order chi connectivity index (χ1) is 6.77. The van der Waals surface area contributed by atoms with Crippen LogP contribution in [0.5, 0.6) is 0 Å². The number of rotatable bonds is 3. The molecule has 0 aromatic carbocycles. The van der Waals surface area contributed by atoms with Gasteiger partial charge < -0.3 is 10.6 Å². The third-order valence-corrected chi connectivity index (χ3v) is 3.41. The van der Waals surface area contributed by atoms with E-state index in [1.165, 1.54) is 0 Å². The van der Waals surface area contributed by atoms with Gasteiger partial charge in [0.05, 0.1) is 5.69 Å². The molecule has 1 amide bonds. The molecule has 1 atom stereocenters. The molecule has 1 saturated heterocycles. The van der Waals surface area contributed by atoms with Crippen LogP contribution < -0.4 is 10.6 Å². The molecule has 2 rings (SSSR count). The number of thiophene rings is 1. The molecule has 1 unspecified atom stereocenters. The van der Waals surface area contributed by atoms with E-state index in [0.29, 0.717) is 5.92 Å². The lowest BCUT2D eigenvalue weighted by Gasteiger charge is -2.31. The van der Waals surface area contributed by atoms with E-state index in [9.17, 15) is 4.79 Å². The molecular formula is C10H15ClN2OS. The molecule has 15 heavy (non-hydrogen) atoms. The molecule has 1 aliphatic rings. The third kappa shape index (κ3) is 2.93. The molecule has 5 heteroatoms. The summed E-state index contributed by atoms with van der Waals surface area (Å²) in [5, 5.41) is 10.0. The summed E-state index contributed by atoms with van der Waals surface area (Å²) in [6.07, 6.45) is 0. The van der Waals surface area contributed by atoms with E-state index in [4.69, 9.17) is 0 Å². The molecule has 3 nitrogen and oxygen atoms in total. The number of hydrogen-bond acceptors (Lipinski definition) is 3. The van der Waals surface area contributed by atoms with Crippen molar-refractivity contribution in [3.8, 4) is 0 Å². The Morgan fingerprint density at radius 2 is 2.40 bits per heavy atom. The maximum absolute atomic E-state index is 11.7. The van der Waals surface area contributed by atoms with Crippen LogP contribution in [0.4, 0.5) is 5.69 Å². The van der Waals surface area contributed by atoms with Gasteiger partial charge in [-0.05, 0) is 30.5 Å². The Bertz CT molecular complexity index is 311. The Labute approximate surface area is 99.7 Å². The minimum atomic E-state index is 0. The summed E-state index contributed by atoms with van der Waals surface area (Å²) in [5.74, 6) is 0.750. The fraction of sp³-hybridized carbons (Fsp3) is 0.500. The van der Waals surface area contributed by atoms with E-state index in [1.54, 1.807) is 11.3 Å². The van der Waals surface area contributed by atoms with Crippen molar-refractivity contribution < 1.29 is 4.79 Å². The summed E-state index contributed by atoms with van der Waals surface area (Å²) >= 11 is 1.59. The fourth-order valence-electron chi connectivity index (χ4n) is 1.47. The van der Waals surface area contributed by atoms with Gasteiger partial charge >= 0.3 is 0 Å². The van der Waals surface area contributed by atoms with Gasteiger partial charge in [-0.3, -0.25) is 4.79 Å². The first-order valence-corrected chi connectivity index (χ1v) is 5.75. The number of anilines is 1. The first-order valence-electron chi connectivity index (χ1n) is 4.81. The van der Waals surface area contributed by atoms with Gasteiger partial charge in [0.2, 0.25) is 5.91 Å². The predicted octanol–water partition coefficient (Wildman–Crippen LogP) is 1.96. The van der Waals surface area contributed by atoms with Crippen LogP contribution in [0, 0.1) is 11.8 Å². The van der Waals surface area contributed by atoms with Crippen molar-refractivity contribution in [2.45, 2.75) is 6.92 Å². The molecule has 0 bridgehead atoms. The molecule has 0 radical (unpaired) electrons. The van der Waals surface area contributed by atoms with Crippen LogP contribution in [0.25, 0.3) is 0 Å². The van der Waals surface area contributed by atoms with Crippen LogP contribution in [0.3, 0.4) is 0 Å². The van der Waals surface area contributed by atoms with Gasteiger partial charge in [-0.15, -0.1) is 12.4 Å². The second-order valence-electron chi connectivity index (χ2n) is 3.71. The lowest BCUT2D eigenvalue weighted by atomic mass is 9.88. The van der Waals surface area contributed by atoms with Crippen molar-refractivity contribution >= 4 is 35.3 Å². The van der Waals surface area contributed by atoms with Crippen LogP contribution in [-0.4, -0.2) is 19.0 Å². The summed E-state index contributed by atoms with van der Waals surface area (Å²) in [7, 11) is 0. The Balaban J connectivity index is 0.00000112. The van der Waals surface area contributed by atoms with Gasteiger partial charge in [0.15, 0.2) is 0 Å².